The summed E-state index contributed by atoms with van der Waals surface area (Å²) in [5.41, 5.74) is 1.28. The van der Waals surface area contributed by atoms with E-state index in [2.05, 4.69) is 0 Å². The number of nitrogens with zero attached hydrogens (tertiary/aromatic N) is 1. The Kier molecular flexibility index (Phi) is 7.35. The summed E-state index contributed by atoms with van der Waals surface area (Å²) in [7, 11) is 0. The summed E-state index contributed by atoms with van der Waals surface area (Å²) in [5.74, 6) is -0.881. The first-order chi connectivity index (χ1) is 13.9. The van der Waals surface area contributed by atoms with Crippen molar-refractivity contribution in [1.29, 1.82) is 0 Å². The number of benzene rings is 2. The molecule has 0 aromatic heterocycles. The molecule has 1 aliphatic heterocycles. The van der Waals surface area contributed by atoms with E-state index in [-0.39, 0.29) is 16.8 Å². The van der Waals surface area contributed by atoms with Gasteiger partial charge in [-0.05, 0) is 35.8 Å². The van der Waals surface area contributed by atoms with E-state index in [1.54, 1.807) is 48.5 Å². The highest BCUT2D eigenvalue weighted by atomic mass is 35.5. The van der Waals surface area contributed by atoms with E-state index in [0.717, 1.165) is 11.8 Å². The van der Waals surface area contributed by atoms with Crippen LogP contribution >= 0.6 is 47.2 Å². The second-order valence-electron chi connectivity index (χ2n) is 6.20. The molecule has 1 fully saturated rings. The average Bonchev–Trinajstić information content (AvgIpc) is 2.97. The second kappa shape index (κ2) is 9.76. The number of hydrogen-bond donors (Lipinski definition) is 0. The molecule has 0 aliphatic carbocycles. The summed E-state index contributed by atoms with van der Waals surface area (Å²) in [6.45, 7) is 2.18. The number of amides is 1. The maximum atomic E-state index is 13.2. The van der Waals surface area contributed by atoms with Gasteiger partial charge in [-0.1, -0.05) is 90.5 Å². The fourth-order valence-corrected chi connectivity index (χ4v) is 4.54. The summed E-state index contributed by atoms with van der Waals surface area (Å²) < 4.78 is 5.63. The van der Waals surface area contributed by atoms with Gasteiger partial charge < -0.3 is 4.74 Å². The van der Waals surface area contributed by atoms with Gasteiger partial charge in [0.15, 0.2) is 6.04 Å². The van der Waals surface area contributed by atoms with Crippen LogP contribution in [-0.4, -0.2) is 27.7 Å². The van der Waals surface area contributed by atoms with E-state index in [1.165, 1.54) is 4.90 Å². The Morgan fingerprint density at radius 2 is 1.97 bits per heavy atom. The van der Waals surface area contributed by atoms with Crippen molar-refractivity contribution in [3.05, 3.63) is 74.6 Å². The highest BCUT2D eigenvalue weighted by Crippen LogP contribution is 2.39. The number of thiocarbonyl (C=S) groups is 1. The highest BCUT2D eigenvalue weighted by Gasteiger charge is 2.42. The monoisotopic (exact) mass is 465 g/mol. The zero-order valence-electron chi connectivity index (χ0n) is 15.4. The molecule has 1 heterocycles. The standard InChI is InChI=1S/C21H17Cl2NO3S2/c1-2-10-27-20(26)18(13-6-4-3-5-7-13)24-19(25)17(29-21(24)28)11-14-8-9-15(22)12-16(14)23/h3-9,11-12,18H,2,10H2,1H3/b17-11-. The van der Waals surface area contributed by atoms with Crippen molar-refractivity contribution < 1.29 is 14.3 Å². The minimum Gasteiger partial charge on any atom is -0.464 e. The number of hydrogen-bond acceptors (Lipinski definition) is 5. The number of ether oxygens (including phenoxy) is 1. The Hall–Kier alpha value is -1.86. The van der Waals surface area contributed by atoms with Crippen molar-refractivity contribution >= 4 is 69.5 Å². The number of carbonyl (C=O) groups excluding carboxylic acids is 2. The number of esters is 1. The second-order valence-corrected chi connectivity index (χ2v) is 8.72. The molecule has 1 amide bonds. The molecule has 150 valence electrons. The van der Waals surface area contributed by atoms with Gasteiger partial charge in [-0.3, -0.25) is 9.69 Å². The molecule has 1 unspecified atom stereocenters. The van der Waals surface area contributed by atoms with Gasteiger partial charge in [-0.15, -0.1) is 0 Å². The molecule has 3 rings (SSSR count). The van der Waals surface area contributed by atoms with Crippen LogP contribution in [0.3, 0.4) is 0 Å². The zero-order valence-corrected chi connectivity index (χ0v) is 18.6. The molecule has 1 aliphatic rings. The SMILES string of the molecule is CCCOC(=O)C(c1ccccc1)N1C(=O)/C(=C/c2ccc(Cl)cc2Cl)SC1=S. The van der Waals surface area contributed by atoms with Crippen LogP contribution in [0.2, 0.25) is 10.0 Å². The minimum atomic E-state index is -0.943. The Morgan fingerprint density at radius 3 is 2.62 bits per heavy atom. The van der Waals surface area contributed by atoms with Gasteiger partial charge in [-0.25, -0.2) is 4.79 Å². The molecule has 0 spiro atoms. The van der Waals surface area contributed by atoms with E-state index in [9.17, 15) is 9.59 Å². The summed E-state index contributed by atoms with van der Waals surface area (Å²) in [4.78, 5) is 27.6. The van der Waals surface area contributed by atoms with Crippen molar-refractivity contribution in [2.45, 2.75) is 19.4 Å². The number of carbonyl (C=O) groups is 2. The van der Waals surface area contributed by atoms with Crippen LogP contribution in [-0.2, 0) is 14.3 Å². The largest absolute Gasteiger partial charge is 0.464 e. The molecule has 2 aromatic carbocycles. The average molecular weight is 466 g/mol. The first kappa shape index (κ1) is 21.8. The third-order valence-corrected chi connectivity index (χ3v) is 6.01. The molecule has 4 nitrogen and oxygen atoms in total. The molecule has 2 aromatic rings. The van der Waals surface area contributed by atoms with Gasteiger partial charge in [0.1, 0.15) is 4.32 Å². The van der Waals surface area contributed by atoms with E-state index < -0.39 is 12.0 Å². The lowest BCUT2D eigenvalue weighted by Crippen LogP contribution is -2.38. The molecule has 0 bridgehead atoms. The van der Waals surface area contributed by atoms with Crippen molar-refractivity contribution in [2.24, 2.45) is 0 Å². The fourth-order valence-electron chi connectivity index (χ4n) is 2.77. The minimum absolute atomic E-state index is 0.271. The van der Waals surface area contributed by atoms with Crippen LogP contribution < -0.4 is 0 Å². The van der Waals surface area contributed by atoms with Gasteiger partial charge in [0.25, 0.3) is 5.91 Å². The third kappa shape index (κ3) is 5.01. The lowest BCUT2D eigenvalue weighted by Gasteiger charge is -2.25. The zero-order chi connectivity index (χ0) is 21.0. The summed E-state index contributed by atoms with van der Waals surface area (Å²) in [6, 6.07) is 13.1. The van der Waals surface area contributed by atoms with Crippen LogP contribution in [0.4, 0.5) is 0 Å². The Labute approximate surface area is 188 Å². The number of rotatable bonds is 6. The van der Waals surface area contributed by atoms with E-state index >= 15 is 0 Å². The Morgan fingerprint density at radius 1 is 1.24 bits per heavy atom. The topological polar surface area (TPSA) is 46.6 Å². The molecular weight excluding hydrogens is 449 g/mol. The molecule has 1 atom stereocenters. The lowest BCUT2D eigenvalue weighted by atomic mass is 10.1. The van der Waals surface area contributed by atoms with Gasteiger partial charge in [0, 0.05) is 10.0 Å². The molecule has 0 radical (unpaired) electrons. The fraction of sp³-hybridized carbons (Fsp3) is 0.190. The van der Waals surface area contributed by atoms with Crippen LogP contribution in [0.1, 0.15) is 30.5 Å². The molecule has 8 heteroatoms. The van der Waals surface area contributed by atoms with Crippen LogP contribution in [0.5, 0.6) is 0 Å². The predicted octanol–water partition coefficient (Wildman–Crippen LogP) is 5.89. The summed E-state index contributed by atoms with van der Waals surface area (Å²) in [6.07, 6.45) is 2.33. The first-order valence-electron chi connectivity index (χ1n) is 8.86. The molecule has 0 saturated carbocycles. The molecule has 1 saturated heterocycles. The highest BCUT2D eigenvalue weighted by molar-refractivity contribution is 8.26. The first-order valence-corrected chi connectivity index (χ1v) is 10.8. The van der Waals surface area contributed by atoms with Gasteiger partial charge >= 0.3 is 5.97 Å². The Bertz CT molecular complexity index is 979. The maximum absolute atomic E-state index is 13.2. The van der Waals surface area contributed by atoms with E-state index in [4.69, 9.17) is 40.2 Å². The predicted molar refractivity (Wildman–Crippen MR) is 122 cm³/mol. The van der Waals surface area contributed by atoms with E-state index in [0.29, 0.717) is 32.5 Å². The van der Waals surface area contributed by atoms with Crippen LogP contribution in [0.15, 0.2) is 53.4 Å². The van der Waals surface area contributed by atoms with E-state index in [1.807, 2.05) is 13.0 Å². The maximum Gasteiger partial charge on any atom is 0.333 e. The van der Waals surface area contributed by atoms with Crippen LogP contribution in [0.25, 0.3) is 6.08 Å². The number of thioether (sulfide) groups is 1. The third-order valence-electron chi connectivity index (χ3n) is 4.12. The smallest absolute Gasteiger partial charge is 0.333 e. The van der Waals surface area contributed by atoms with Gasteiger partial charge in [0.2, 0.25) is 0 Å². The lowest BCUT2D eigenvalue weighted by molar-refractivity contribution is -0.151. The van der Waals surface area contributed by atoms with Crippen molar-refractivity contribution in [3.8, 4) is 0 Å². The number of halogens is 2. The van der Waals surface area contributed by atoms with Gasteiger partial charge in [-0.2, -0.15) is 0 Å². The Balaban J connectivity index is 1.96. The summed E-state index contributed by atoms with van der Waals surface area (Å²) >= 11 is 18.7. The van der Waals surface area contributed by atoms with Crippen molar-refractivity contribution in [3.63, 3.8) is 0 Å². The molecule has 29 heavy (non-hydrogen) atoms. The quantitative estimate of drug-likeness (QED) is 0.302. The molecule has 0 N–H and O–H groups in total. The van der Waals surface area contributed by atoms with Crippen LogP contribution in [0, 0.1) is 0 Å². The molecular formula is C21H17Cl2NO3S2. The van der Waals surface area contributed by atoms with Crippen molar-refractivity contribution in [2.75, 3.05) is 6.61 Å². The van der Waals surface area contributed by atoms with Gasteiger partial charge in [0.05, 0.1) is 11.5 Å². The normalized spacial score (nSPS) is 16.4. The van der Waals surface area contributed by atoms with Crippen molar-refractivity contribution in [1.82, 2.24) is 4.90 Å². The summed E-state index contributed by atoms with van der Waals surface area (Å²) in [5, 5.41) is 0.923.